The van der Waals surface area contributed by atoms with Crippen LogP contribution in [0.3, 0.4) is 0 Å². The van der Waals surface area contributed by atoms with Gasteiger partial charge in [-0.05, 0) is 29.5 Å². The van der Waals surface area contributed by atoms with Gasteiger partial charge >= 0.3 is 0 Å². The molecular weight excluding hydrogens is 286 g/mol. The molecule has 3 rings (SSSR count). The molecule has 5 heteroatoms. The van der Waals surface area contributed by atoms with Gasteiger partial charge in [-0.3, -0.25) is 4.79 Å². The van der Waals surface area contributed by atoms with E-state index in [2.05, 4.69) is 11.4 Å². The fourth-order valence-corrected chi connectivity index (χ4v) is 3.36. The van der Waals surface area contributed by atoms with E-state index in [4.69, 9.17) is 4.74 Å². The summed E-state index contributed by atoms with van der Waals surface area (Å²) in [5.74, 6) is 0.557. The maximum atomic E-state index is 12.2. The van der Waals surface area contributed by atoms with Crippen LogP contribution in [0.25, 0.3) is 0 Å². The van der Waals surface area contributed by atoms with Crippen molar-refractivity contribution in [2.75, 3.05) is 13.2 Å². The van der Waals surface area contributed by atoms with Crippen molar-refractivity contribution in [2.45, 2.75) is 19.6 Å². The number of aliphatic hydroxyl groups excluding tert-OH is 1. The Hall–Kier alpha value is -1.85. The first kappa shape index (κ1) is 14.1. The lowest BCUT2D eigenvalue weighted by Crippen LogP contribution is -2.38. The van der Waals surface area contributed by atoms with E-state index < -0.39 is 0 Å². The molecule has 2 aromatic rings. The zero-order valence-electron chi connectivity index (χ0n) is 11.6. The van der Waals surface area contributed by atoms with Crippen molar-refractivity contribution in [1.29, 1.82) is 0 Å². The van der Waals surface area contributed by atoms with Crippen molar-refractivity contribution in [3.8, 4) is 5.75 Å². The number of carbonyl (C=O) groups is 1. The molecule has 0 radical (unpaired) electrons. The second-order valence-electron chi connectivity index (χ2n) is 4.99. The minimum atomic E-state index is -0.0909. The lowest BCUT2D eigenvalue weighted by Gasteiger charge is -2.27. The molecule has 0 saturated heterocycles. The Balaban J connectivity index is 1.60. The van der Waals surface area contributed by atoms with Crippen LogP contribution in [-0.2, 0) is 24.4 Å². The van der Waals surface area contributed by atoms with E-state index in [1.54, 1.807) is 23.5 Å². The number of benzene rings is 1. The lowest BCUT2D eigenvalue weighted by atomic mass is 10.1. The molecule has 2 heterocycles. The number of rotatable bonds is 4. The molecule has 1 aliphatic rings. The molecule has 1 amide bonds. The topological polar surface area (TPSA) is 49.8 Å². The van der Waals surface area contributed by atoms with Crippen molar-refractivity contribution < 1.29 is 14.6 Å². The third-order valence-electron chi connectivity index (χ3n) is 3.65. The molecule has 0 fully saturated rings. The van der Waals surface area contributed by atoms with Gasteiger partial charge in [-0.25, -0.2) is 0 Å². The smallest absolute Gasteiger partial charge is 0.260 e. The summed E-state index contributed by atoms with van der Waals surface area (Å²) >= 11 is 1.76. The number of nitrogens with zero attached hydrogens (tertiary/aromatic N) is 1. The van der Waals surface area contributed by atoms with Gasteiger partial charge in [-0.1, -0.05) is 18.2 Å². The van der Waals surface area contributed by atoms with Gasteiger partial charge in [-0.2, -0.15) is 0 Å². The Morgan fingerprint density at radius 2 is 2.19 bits per heavy atom. The summed E-state index contributed by atoms with van der Waals surface area (Å²) in [6.45, 7) is 1.34. The second kappa shape index (κ2) is 6.28. The Kier molecular flexibility index (Phi) is 4.22. The van der Waals surface area contributed by atoms with Crippen LogP contribution in [0.1, 0.15) is 16.0 Å². The molecule has 1 N–H and O–H groups in total. The average Bonchev–Trinajstić information content (AvgIpc) is 3.00. The molecule has 0 bridgehead atoms. The van der Waals surface area contributed by atoms with E-state index in [-0.39, 0.29) is 19.1 Å². The molecule has 0 aliphatic carbocycles. The van der Waals surface area contributed by atoms with Crippen LogP contribution in [0, 0.1) is 0 Å². The normalized spacial score (nSPS) is 13.9. The van der Waals surface area contributed by atoms with Crippen LogP contribution >= 0.6 is 11.3 Å². The molecule has 4 nitrogen and oxygen atoms in total. The molecule has 110 valence electrons. The van der Waals surface area contributed by atoms with Gasteiger partial charge in [0, 0.05) is 23.5 Å². The number of thiophene rings is 1. The SMILES string of the molecule is O=C(COc1ccccc1CO)N1CCc2sccc2C1. The third-order valence-corrected chi connectivity index (χ3v) is 4.68. The van der Waals surface area contributed by atoms with E-state index in [0.29, 0.717) is 17.9 Å². The molecule has 1 aliphatic heterocycles. The summed E-state index contributed by atoms with van der Waals surface area (Å²) < 4.78 is 5.56. The molecule has 0 unspecified atom stereocenters. The standard InChI is InChI=1S/C16H17NO3S/c18-10-13-3-1-2-4-14(13)20-11-16(19)17-7-5-15-12(9-17)6-8-21-15/h1-4,6,8,18H,5,7,9-11H2. The van der Waals surface area contributed by atoms with Gasteiger partial charge < -0.3 is 14.7 Å². The van der Waals surface area contributed by atoms with Gasteiger partial charge in [0.25, 0.3) is 5.91 Å². The summed E-state index contributed by atoms with van der Waals surface area (Å²) in [5.41, 5.74) is 1.94. The number of hydrogen-bond donors (Lipinski definition) is 1. The van der Waals surface area contributed by atoms with Crippen molar-refractivity contribution in [3.63, 3.8) is 0 Å². The number of aliphatic hydroxyl groups is 1. The number of amides is 1. The van der Waals surface area contributed by atoms with E-state index in [1.165, 1.54) is 10.4 Å². The molecule has 1 aromatic heterocycles. The van der Waals surface area contributed by atoms with E-state index in [9.17, 15) is 9.90 Å². The van der Waals surface area contributed by atoms with Crippen molar-refractivity contribution in [1.82, 2.24) is 4.90 Å². The van der Waals surface area contributed by atoms with E-state index in [1.807, 2.05) is 17.0 Å². The summed E-state index contributed by atoms with van der Waals surface area (Å²) in [5, 5.41) is 11.3. The molecule has 1 aromatic carbocycles. The zero-order chi connectivity index (χ0) is 14.7. The van der Waals surface area contributed by atoms with Crippen LogP contribution in [0.5, 0.6) is 5.75 Å². The predicted molar refractivity (Wildman–Crippen MR) is 81.3 cm³/mol. The van der Waals surface area contributed by atoms with Crippen LogP contribution in [-0.4, -0.2) is 29.1 Å². The summed E-state index contributed by atoms with van der Waals surface area (Å²) in [6.07, 6.45) is 0.923. The molecule has 0 saturated carbocycles. The van der Waals surface area contributed by atoms with Crippen LogP contribution in [0.2, 0.25) is 0 Å². The van der Waals surface area contributed by atoms with Gasteiger partial charge in [0.15, 0.2) is 6.61 Å². The number of fused-ring (bicyclic) bond motifs is 1. The molecule has 21 heavy (non-hydrogen) atoms. The Morgan fingerprint density at radius 3 is 3.05 bits per heavy atom. The van der Waals surface area contributed by atoms with Crippen LogP contribution < -0.4 is 4.74 Å². The lowest BCUT2D eigenvalue weighted by molar-refractivity contribution is -0.134. The average molecular weight is 303 g/mol. The van der Waals surface area contributed by atoms with Gasteiger partial charge in [-0.15, -0.1) is 11.3 Å². The Morgan fingerprint density at radius 1 is 1.33 bits per heavy atom. The largest absolute Gasteiger partial charge is 0.483 e. The minimum Gasteiger partial charge on any atom is -0.483 e. The monoisotopic (exact) mass is 303 g/mol. The third kappa shape index (κ3) is 3.09. The molecule has 0 spiro atoms. The number of carbonyl (C=O) groups excluding carboxylic acids is 1. The van der Waals surface area contributed by atoms with E-state index in [0.717, 1.165) is 13.0 Å². The predicted octanol–water partition coefficient (Wildman–Crippen LogP) is 2.20. The first-order valence-corrected chi connectivity index (χ1v) is 7.80. The molecular formula is C16H17NO3S. The Bertz CT molecular complexity index is 638. The Labute approximate surface area is 127 Å². The summed E-state index contributed by atoms with van der Waals surface area (Å²) in [6, 6.07) is 9.31. The van der Waals surface area contributed by atoms with E-state index >= 15 is 0 Å². The van der Waals surface area contributed by atoms with Crippen LogP contribution in [0.4, 0.5) is 0 Å². The van der Waals surface area contributed by atoms with Gasteiger partial charge in [0.2, 0.25) is 0 Å². The minimum absolute atomic E-state index is 0.0104. The van der Waals surface area contributed by atoms with Gasteiger partial charge in [0.1, 0.15) is 5.75 Å². The summed E-state index contributed by atoms with van der Waals surface area (Å²) in [7, 11) is 0. The van der Waals surface area contributed by atoms with Crippen molar-refractivity contribution in [2.24, 2.45) is 0 Å². The second-order valence-corrected chi connectivity index (χ2v) is 5.99. The fourth-order valence-electron chi connectivity index (χ4n) is 2.47. The van der Waals surface area contributed by atoms with Crippen molar-refractivity contribution in [3.05, 3.63) is 51.7 Å². The summed E-state index contributed by atoms with van der Waals surface area (Å²) in [4.78, 5) is 15.5. The number of hydrogen-bond acceptors (Lipinski definition) is 4. The zero-order valence-corrected chi connectivity index (χ0v) is 12.4. The number of ether oxygens (including phenoxy) is 1. The maximum Gasteiger partial charge on any atom is 0.260 e. The quantitative estimate of drug-likeness (QED) is 0.942. The fraction of sp³-hybridized carbons (Fsp3) is 0.312. The maximum absolute atomic E-state index is 12.2. The first-order chi connectivity index (χ1) is 10.3. The molecule has 0 atom stereocenters. The highest BCUT2D eigenvalue weighted by Gasteiger charge is 2.21. The van der Waals surface area contributed by atoms with Crippen molar-refractivity contribution >= 4 is 17.2 Å². The highest BCUT2D eigenvalue weighted by atomic mass is 32.1. The number of para-hydroxylation sites is 1. The van der Waals surface area contributed by atoms with Crippen LogP contribution in [0.15, 0.2) is 35.7 Å². The highest BCUT2D eigenvalue weighted by molar-refractivity contribution is 7.10. The first-order valence-electron chi connectivity index (χ1n) is 6.92. The van der Waals surface area contributed by atoms with Gasteiger partial charge in [0.05, 0.1) is 6.61 Å². The highest BCUT2D eigenvalue weighted by Crippen LogP contribution is 2.24.